The highest BCUT2D eigenvalue weighted by Gasteiger charge is 2.53. The lowest BCUT2D eigenvalue weighted by atomic mass is 9.95. The fourth-order valence-corrected chi connectivity index (χ4v) is 4.85. The van der Waals surface area contributed by atoms with Crippen molar-refractivity contribution in [2.45, 2.75) is 22.5 Å². The number of nitrogens with two attached hydrogens (primary N) is 1. The zero-order chi connectivity index (χ0) is 19.6. The van der Waals surface area contributed by atoms with Crippen molar-refractivity contribution >= 4 is 25.9 Å². The molecule has 1 aromatic carbocycles. The van der Waals surface area contributed by atoms with Crippen molar-refractivity contribution in [3.8, 4) is 18.1 Å². The van der Waals surface area contributed by atoms with Crippen LogP contribution >= 0.6 is 0 Å². The molecule has 0 aliphatic carbocycles. The van der Waals surface area contributed by atoms with Crippen LogP contribution < -0.4 is 9.92 Å². The van der Waals surface area contributed by atoms with Gasteiger partial charge in [0.15, 0.2) is 14.6 Å². The molecule has 1 amide bonds. The summed E-state index contributed by atoms with van der Waals surface area (Å²) < 4.78 is 51.7. The first kappa shape index (κ1) is 20.2. The molecule has 0 aromatic heterocycles. The van der Waals surface area contributed by atoms with Gasteiger partial charge < -0.3 is 9.92 Å². The molecule has 1 aliphatic rings. The fourth-order valence-electron chi connectivity index (χ4n) is 2.77. The highest BCUT2D eigenvalue weighted by Crippen LogP contribution is 2.33. The number of sulfone groups is 1. The maximum Gasteiger partial charge on any atom is 0.324 e. The van der Waals surface area contributed by atoms with Gasteiger partial charge in [0, 0.05) is 19.3 Å². The van der Waals surface area contributed by atoms with Crippen molar-refractivity contribution in [1.29, 1.82) is 0 Å². The third-order valence-corrected chi connectivity index (χ3v) is 7.47. The molecule has 1 aliphatic heterocycles. The Morgan fingerprint density at radius 3 is 2.19 bits per heavy atom. The molecule has 0 spiro atoms. The zero-order valence-electron chi connectivity index (χ0n) is 14.2. The van der Waals surface area contributed by atoms with Crippen LogP contribution in [0.1, 0.15) is 12.8 Å². The van der Waals surface area contributed by atoms with Crippen molar-refractivity contribution in [2.75, 3.05) is 25.9 Å². The second kappa shape index (κ2) is 7.26. The summed E-state index contributed by atoms with van der Waals surface area (Å²) >= 11 is 0. The summed E-state index contributed by atoms with van der Waals surface area (Å²) in [7, 11) is -7.81. The van der Waals surface area contributed by atoms with Crippen molar-refractivity contribution in [2.24, 2.45) is 5.73 Å². The predicted molar refractivity (Wildman–Crippen MR) is 95.5 cm³/mol. The highest BCUT2D eigenvalue weighted by atomic mass is 32.2. The van der Waals surface area contributed by atoms with Crippen LogP contribution in [0.2, 0.25) is 0 Å². The van der Waals surface area contributed by atoms with Crippen molar-refractivity contribution in [1.82, 2.24) is 4.90 Å². The van der Waals surface area contributed by atoms with Gasteiger partial charge in [-0.05, 0) is 37.1 Å². The summed E-state index contributed by atoms with van der Waals surface area (Å²) in [5.74, 6) is 1.40. The number of likely N-dealkylation sites (tertiary alicyclic amines) is 1. The number of piperidine rings is 1. The monoisotopic (exact) mass is 400 g/mol. The number of hydrogen-bond donors (Lipinski definition) is 1. The molecule has 0 unspecified atom stereocenters. The molecule has 2 rings (SSSR count). The number of hydrogen-bond acceptors (Lipinski definition) is 7. The SMILES string of the molecule is C#CCN1CCC(C(N)=O)(S(=O)(=O)Oc2ccc(S(C)(=O)=O)cc2)CC1. The zero-order valence-corrected chi connectivity index (χ0v) is 15.8. The molecular weight excluding hydrogens is 380 g/mol. The Balaban J connectivity index is 2.26. The topological polar surface area (TPSA) is 124 Å². The first-order chi connectivity index (χ1) is 12.0. The van der Waals surface area contributed by atoms with Gasteiger partial charge in [-0.1, -0.05) is 5.92 Å². The molecule has 142 valence electrons. The van der Waals surface area contributed by atoms with Crippen LogP contribution in [0.4, 0.5) is 0 Å². The molecule has 0 radical (unpaired) electrons. The second-order valence-electron chi connectivity index (χ2n) is 6.12. The van der Waals surface area contributed by atoms with Crippen LogP contribution in [0.5, 0.6) is 5.75 Å². The number of benzene rings is 1. The van der Waals surface area contributed by atoms with E-state index in [1.165, 1.54) is 24.3 Å². The number of carbonyl (C=O) groups is 1. The molecule has 8 nitrogen and oxygen atoms in total. The normalized spacial score (nSPS) is 18.0. The Morgan fingerprint density at radius 2 is 1.77 bits per heavy atom. The molecule has 1 heterocycles. The summed E-state index contributed by atoms with van der Waals surface area (Å²) in [4.78, 5) is 13.9. The molecule has 10 heteroatoms. The smallest absolute Gasteiger partial charge is 0.324 e. The minimum Gasteiger partial charge on any atom is -0.382 e. The van der Waals surface area contributed by atoms with Crippen LogP contribution in [-0.2, 0) is 24.7 Å². The standard InChI is InChI=1S/C16H20N2O6S2/c1-3-10-18-11-8-16(9-12-18,15(17)19)26(22,23)24-13-4-6-14(7-5-13)25(2,20)21/h1,4-7H,8-12H2,2H3,(H2,17,19). The van der Waals surface area contributed by atoms with E-state index in [9.17, 15) is 21.6 Å². The Bertz CT molecular complexity index is 922. The minimum absolute atomic E-state index is 0.0226. The van der Waals surface area contributed by atoms with Crippen molar-refractivity contribution < 1.29 is 25.8 Å². The van der Waals surface area contributed by atoms with Crippen LogP contribution in [0.3, 0.4) is 0 Å². The third kappa shape index (κ3) is 4.00. The summed E-state index contributed by atoms with van der Waals surface area (Å²) in [6.45, 7) is 0.939. The Labute approximate surface area is 153 Å². The molecule has 1 saturated heterocycles. The molecule has 26 heavy (non-hydrogen) atoms. The lowest BCUT2D eigenvalue weighted by Gasteiger charge is -2.37. The van der Waals surface area contributed by atoms with Gasteiger partial charge in [-0.3, -0.25) is 9.69 Å². The fraction of sp³-hybridized carbons (Fsp3) is 0.438. The molecule has 2 N–H and O–H groups in total. The Hall–Kier alpha value is -2.09. The Morgan fingerprint density at radius 1 is 1.23 bits per heavy atom. The van der Waals surface area contributed by atoms with Gasteiger partial charge in [0.05, 0.1) is 11.4 Å². The van der Waals surface area contributed by atoms with Crippen LogP contribution in [-0.4, -0.2) is 58.3 Å². The van der Waals surface area contributed by atoms with Gasteiger partial charge in [0.25, 0.3) is 0 Å². The van der Waals surface area contributed by atoms with E-state index in [4.69, 9.17) is 16.3 Å². The molecule has 0 atom stereocenters. The first-order valence-corrected chi connectivity index (χ1v) is 11.0. The van der Waals surface area contributed by atoms with E-state index in [1.807, 2.05) is 4.90 Å². The van der Waals surface area contributed by atoms with E-state index in [2.05, 4.69) is 5.92 Å². The van der Waals surface area contributed by atoms with Gasteiger partial charge in [-0.15, -0.1) is 6.42 Å². The van der Waals surface area contributed by atoms with Crippen molar-refractivity contribution in [3.05, 3.63) is 24.3 Å². The largest absolute Gasteiger partial charge is 0.382 e. The maximum absolute atomic E-state index is 12.8. The van der Waals surface area contributed by atoms with Gasteiger partial charge in [-0.2, -0.15) is 8.42 Å². The van der Waals surface area contributed by atoms with E-state index in [1.54, 1.807) is 0 Å². The van der Waals surface area contributed by atoms with Crippen LogP contribution in [0.15, 0.2) is 29.2 Å². The molecule has 0 bridgehead atoms. The lowest BCUT2D eigenvalue weighted by molar-refractivity contribution is -0.121. The lowest BCUT2D eigenvalue weighted by Crippen LogP contribution is -2.58. The summed E-state index contributed by atoms with van der Waals surface area (Å²) in [6.07, 6.45) is 6.21. The number of nitrogens with zero attached hydrogens (tertiary/aromatic N) is 1. The number of rotatable bonds is 6. The minimum atomic E-state index is -4.39. The first-order valence-electron chi connectivity index (χ1n) is 7.72. The van der Waals surface area contributed by atoms with Crippen molar-refractivity contribution in [3.63, 3.8) is 0 Å². The van der Waals surface area contributed by atoms with E-state index in [0.29, 0.717) is 19.6 Å². The number of amides is 1. The summed E-state index contributed by atoms with van der Waals surface area (Å²) in [6, 6.07) is 4.89. The number of terminal acetylenes is 1. The van der Waals surface area contributed by atoms with E-state index in [0.717, 1.165) is 6.26 Å². The third-order valence-electron chi connectivity index (χ3n) is 4.36. The molecular formula is C16H20N2O6S2. The average molecular weight is 400 g/mol. The van der Waals surface area contributed by atoms with Crippen LogP contribution in [0.25, 0.3) is 0 Å². The van der Waals surface area contributed by atoms with Gasteiger partial charge >= 0.3 is 10.1 Å². The predicted octanol–water partition coefficient (Wildman–Crippen LogP) is -0.248. The maximum atomic E-state index is 12.8. The molecule has 1 fully saturated rings. The van der Waals surface area contributed by atoms with E-state index in [-0.39, 0.29) is 23.5 Å². The average Bonchev–Trinajstić information content (AvgIpc) is 2.54. The summed E-state index contributed by atoms with van der Waals surface area (Å²) in [5, 5.41) is 0. The quantitative estimate of drug-likeness (QED) is 0.516. The van der Waals surface area contributed by atoms with Gasteiger partial charge in [0.1, 0.15) is 5.75 Å². The highest BCUT2D eigenvalue weighted by molar-refractivity contribution is 7.90. The molecule has 0 saturated carbocycles. The summed E-state index contributed by atoms with van der Waals surface area (Å²) in [5.41, 5.74) is 5.41. The van der Waals surface area contributed by atoms with Gasteiger partial charge in [0.2, 0.25) is 5.91 Å². The number of primary amides is 1. The van der Waals surface area contributed by atoms with E-state index >= 15 is 0 Å². The Kier molecular flexibility index (Phi) is 5.65. The second-order valence-corrected chi connectivity index (χ2v) is 9.99. The van der Waals surface area contributed by atoms with Gasteiger partial charge in [-0.25, -0.2) is 8.42 Å². The van der Waals surface area contributed by atoms with E-state index < -0.39 is 30.6 Å². The van der Waals surface area contributed by atoms with Crippen LogP contribution in [0, 0.1) is 12.3 Å². The molecule has 1 aromatic rings. The number of carbonyl (C=O) groups excluding carboxylic acids is 1.